The summed E-state index contributed by atoms with van der Waals surface area (Å²) in [5, 5.41) is 8.22. The van der Waals surface area contributed by atoms with Crippen molar-refractivity contribution in [2.75, 3.05) is 5.32 Å². The minimum Gasteiger partial charge on any atom is -0.373 e. The molecule has 2 aliphatic rings. The van der Waals surface area contributed by atoms with E-state index in [0.717, 1.165) is 23.2 Å². The summed E-state index contributed by atoms with van der Waals surface area (Å²) in [5.41, 5.74) is 4.42. The van der Waals surface area contributed by atoms with E-state index < -0.39 is 0 Å². The van der Waals surface area contributed by atoms with Crippen LogP contribution in [0.2, 0.25) is 0 Å². The third-order valence-corrected chi connectivity index (χ3v) is 6.50. The average Bonchev–Trinajstić information content (AvgIpc) is 3.14. The first kappa shape index (κ1) is 15.8. The Balaban J connectivity index is 1.83. The monoisotopic (exact) mass is 359 g/mol. The molecule has 130 valence electrons. The number of carbonyl (C=O) groups excluding carboxylic acids is 1. The molecule has 2 nitrogen and oxygen atoms in total. The van der Waals surface area contributed by atoms with Crippen molar-refractivity contribution in [3.8, 4) is 0 Å². The summed E-state index contributed by atoms with van der Waals surface area (Å²) in [7, 11) is 0. The predicted molar refractivity (Wildman–Crippen MR) is 110 cm³/mol. The average molecular weight is 359 g/mol. The Morgan fingerprint density at radius 1 is 1.04 bits per heavy atom. The van der Waals surface area contributed by atoms with Gasteiger partial charge in [-0.05, 0) is 45.7 Å². The Bertz CT molecular complexity index is 1060. The largest absolute Gasteiger partial charge is 0.373 e. The molecule has 1 aromatic heterocycles. The van der Waals surface area contributed by atoms with Gasteiger partial charge < -0.3 is 5.32 Å². The van der Waals surface area contributed by atoms with Crippen molar-refractivity contribution < 1.29 is 4.79 Å². The van der Waals surface area contributed by atoms with Gasteiger partial charge in [-0.3, -0.25) is 4.79 Å². The van der Waals surface area contributed by atoms with E-state index >= 15 is 0 Å². The number of allylic oxidation sites excluding steroid dienone is 1. The Kier molecular flexibility index (Phi) is 3.38. The minimum absolute atomic E-state index is 0.00912. The van der Waals surface area contributed by atoms with Gasteiger partial charge in [-0.25, -0.2) is 0 Å². The molecule has 5 rings (SSSR count). The molecule has 1 aliphatic heterocycles. The lowest BCUT2D eigenvalue weighted by atomic mass is 9.68. The third kappa shape index (κ3) is 2.34. The number of Topliss-reactive ketones (excluding diaryl/α,β-unsaturated/α-hetero) is 1. The number of nitrogens with one attached hydrogen (secondary N) is 1. The van der Waals surface area contributed by atoms with Gasteiger partial charge in [0.15, 0.2) is 5.78 Å². The highest BCUT2D eigenvalue weighted by molar-refractivity contribution is 7.10. The Labute approximate surface area is 157 Å². The van der Waals surface area contributed by atoms with Crippen molar-refractivity contribution in [3.63, 3.8) is 0 Å². The van der Waals surface area contributed by atoms with Gasteiger partial charge in [0.05, 0.1) is 6.04 Å². The van der Waals surface area contributed by atoms with E-state index in [4.69, 9.17) is 0 Å². The standard InChI is InChI=1S/C23H21NOS/c1-23(2)12-16-21(18(25)13-23)20-15-7-4-3-6-14(15)9-10-17(20)24-22(16)19-8-5-11-26-19/h3-11,22,24H,12-13H2,1-2H3/t22-/m0/s1. The van der Waals surface area contributed by atoms with Gasteiger partial charge in [0.1, 0.15) is 0 Å². The molecule has 26 heavy (non-hydrogen) atoms. The van der Waals surface area contributed by atoms with Crippen LogP contribution in [0.3, 0.4) is 0 Å². The summed E-state index contributed by atoms with van der Waals surface area (Å²) in [6.45, 7) is 4.41. The molecule has 0 fully saturated rings. The summed E-state index contributed by atoms with van der Waals surface area (Å²) < 4.78 is 0. The lowest BCUT2D eigenvalue weighted by Crippen LogP contribution is -2.32. The van der Waals surface area contributed by atoms with Crippen LogP contribution in [0.5, 0.6) is 0 Å². The Hall–Kier alpha value is -2.39. The number of benzene rings is 2. The Morgan fingerprint density at radius 2 is 1.88 bits per heavy atom. The molecule has 1 aliphatic carbocycles. The zero-order valence-corrected chi connectivity index (χ0v) is 15.8. The molecule has 2 aromatic carbocycles. The summed E-state index contributed by atoms with van der Waals surface area (Å²) in [5.74, 6) is 0.289. The lowest BCUT2D eigenvalue weighted by molar-refractivity contribution is -0.116. The van der Waals surface area contributed by atoms with Gasteiger partial charge in [-0.1, -0.05) is 50.2 Å². The van der Waals surface area contributed by atoms with E-state index in [0.29, 0.717) is 6.42 Å². The molecule has 0 saturated carbocycles. The first-order valence-electron chi connectivity index (χ1n) is 9.12. The van der Waals surface area contributed by atoms with Crippen molar-refractivity contribution in [2.45, 2.75) is 32.7 Å². The van der Waals surface area contributed by atoms with Gasteiger partial charge >= 0.3 is 0 Å². The van der Waals surface area contributed by atoms with Gasteiger partial charge in [0.2, 0.25) is 0 Å². The van der Waals surface area contributed by atoms with Crippen molar-refractivity contribution in [3.05, 3.63) is 69.9 Å². The molecule has 3 aromatic rings. The lowest BCUT2D eigenvalue weighted by Gasteiger charge is -2.40. The van der Waals surface area contributed by atoms with Crippen LogP contribution >= 0.6 is 11.3 Å². The van der Waals surface area contributed by atoms with Gasteiger partial charge in [0.25, 0.3) is 0 Å². The quantitative estimate of drug-likeness (QED) is 0.559. The number of hydrogen-bond donors (Lipinski definition) is 1. The normalized spacial score (nSPS) is 21.3. The van der Waals surface area contributed by atoms with Gasteiger partial charge in [-0.2, -0.15) is 0 Å². The molecule has 3 heteroatoms. The predicted octanol–water partition coefficient (Wildman–Crippen LogP) is 6.21. The number of ketones is 1. The number of hydrogen-bond acceptors (Lipinski definition) is 3. The fourth-order valence-corrected chi connectivity index (χ4v) is 5.33. The van der Waals surface area contributed by atoms with E-state index in [1.807, 2.05) is 0 Å². The molecular formula is C23H21NOS. The maximum atomic E-state index is 13.3. The number of anilines is 1. The zero-order chi connectivity index (χ0) is 17.9. The second-order valence-corrected chi connectivity index (χ2v) is 9.12. The summed E-state index contributed by atoms with van der Waals surface area (Å²) in [4.78, 5) is 14.6. The highest BCUT2D eigenvalue weighted by Crippen LogP contribution is 2.52. The first-order chi connectivity index (χ1) is 12.5. The van der Waals surface area contributed by atoms with Crippen LogP contribution in [0.1, 0.15) is 43.2 Å². The van der Waals surface area contributed by atoms with Crippen LogP contribution in [0.4, 0.5) is 5.69 Å². The van der Waals surface area contributed by atoms with Crippen LogP contribution in [0.15, 0.2) is 59.5 Å². The molecule has 0 radical (unpaired) electrons. The number of fused-ring (bicyclic) bond motifs is 4. The van der Waals surface area contributed by atoms with Crippen LogP contribution in [0.25, 0.3) is 16.3 Å². The molecule has 1 atom stereocenters. The number of rotatable bonds is 1. The van der Waals surface area contributed by atoms with Gasteiger partial charge in [0, 0.05) is 28.1 Å². The SMILES string of the molecule is CC1(C)CC(=O)C2=C(C1)[C@@H](c1cccs1)Nc1ccc3ccccc3c12. The van der Waals surface area contributed by atoms with Crippen LogP contribution in [0, 0.1) is 5.41 Å². The fraction of sp³-hybridized carbons (Fsp3) is 0.261. The Morgan fingerprint density at radius 3 is 2.69 bits per heavy atom. The van der Waals surface area contributed by atoms with Crippen molar-refractivity contribution >= 4 is 39.2 Å². The fourth-order valence-electron chi connectivity index (χ4n) is 4.52. The third-order valence-electron chi connectivity index (χ3n) is 5.56. The van der Waals surface area contributed by atoms with Crippen molar-refractivity contribution in [2.24, 2.45) is 5.41 Å². The molecule has 0 unspecified atom stereocenters. The zero-order valence-electron chi connectivity index (χ0n) is 15.0. The number of thiophene rings is 1. The van der Waals surface area contributed by atoms with E-state index in [1.54, 1.807) is 11.3 Å². The molecule has 0 amide bonds. The summed E-state index contributed by atoms with van der Waals surface area (Å²) >= 11 is 1.76. The molecule has 0 saturated heterocycles. The highest BCUT2D eigenvalue weighted by Gasteiger charge is 2.40. The smallest absolute Gasteiger partial charge is 0.164 e. The first-order valence-corrected chi connectivity index (χ1v) is 10.00. The second kappa shape index (κ2) is 5.55. The van der Waals surface area contributed by atoms with E-state index in [-0.39, 0.29) is 17.2 Å². The van der Waals surface area contributed by atoms with Gasteiger partial charge in [-0.15, -0.1) is 11.3 Å². The van der Waals surface area contributed by atoms with Crippen molar-refractivity contribution in [1.29, 1.82) is 0 Å². The molecular weight excluding hydrogens is 338 g/mol. The minimum atomic E-state index is 0.00912. The summed E-state index contributed by atoms with van der Waals surface area (Å²) in [6, 6.07) is 17.0. The van der Waals surface area contributed by atoms with E-state index in [1.165, 1.54) is 21.2 Å². The second-order valence-electron chi connectivity index (χ2n) is 8.14. The number of carbonyl (C=O) groups is 1. The maximum absolute atomic E-state index is 13.3. The molecule has 0 bridgehead atoms. The van der Waals surface area contributed by atoms with E-state index in [9.17, 15) is 4.79 Å². The molecule has 1 N–H and O–H groups in total. The highest BCUT2D eigenvalue weighted by atomic mass is 32.1. The molecule has 0 spiro atoms. The maximum Gasteiger partial charge on any atom is 0.164 e. The van der Waals surface area contributed by atoms with E-state index in [2.05, 4.69) is 73.1 Å². The van der Waals surface area contributed by atoms with Crippen LogP contribution in [-0.2, 0) is 4.79 Å². The summed E-state index contributed by atoms with van der Waals surface area (Å²) in [6.07, 6.45) is 1.57. The van der Waals surface area contributed by atoms with Crippen LogP contribution in [-0.4, -0.2) is 5.78 Å². The molecule has 2 heterocycles. The topological polar surface area (TPSA) is 29.1 Å². The van der Waals surface area contributed by atoms with Crippen molar-refractivity contribution in [1.82, 2.24) is 0 Å². The van der Waals surface area contributed by atoms with Crippen LogP contribution < -0.4 is 5.32 Å².